The number of aryl methyl sites for hydroxylation is 2. The molecule has 0 fully saturated rings. The maximum absolute atomic E-state index is 5.09. The maximum atomic E-state index is 5.09. The first kappa shape index (κ1) is 15.7. The molecule has 0 bridgehead atoms. The van der Waals surface area contributed by atoms with Gasteiger partial charge in [-0.2, -0.15) is 5.10 Å². The average molecular weight is 288 g/mol. The van der Waals surface area contributed by atoms with Crippen molar-refractivity contribution in [2.45, 2.75) is 19.3 Å². The molecular formula is C16H24N4O. The lowest BCUT2D eigenvalue weighted by atomic mass is 9.91. The van der Waals surface area contributed by atoms with Crippen molar-refractivity contribution in [3.8, 4) is 0 Å². The summed E-state index contributed by atoms with van der Waals surface area (Å²) in [5.41, 5.74) is 2.68. The van der Waals surface area contributed by atoms with E-state index in [0.29, 0.717) is 5.92 Å². The molecule has 5 heteroatoms. The summed E-state index contributed by atoms with van der Waals surface area (Å²) in [6.07, 6.45) is 2.49. The van der Waals surface area contributed by atoms with Crippen LogP contribution in [0, 0.1) is 6.92 Å². The summed E-state index contributed by atoms with van der Waals surface area (Å²) in [6, 6.07) is 8.54. The Morgan fingerprint density at radius 1 is 1.33 bits per heavy atom. The first-order valence-electron chi connectivity index (χ1n) is 7.30. The highest BCUT2D eigenvalue weighted by Crippen LogP contribution is 2.22. The third-order valence-electron chi connectivity index (χ3n) is 3.74. The van der Waals surface area contributed by atoms with E-state index in [2.05, 4.69) is 46.6 Å². The molecule has 1 N–H and O–H groups in total. The molecule has 5 nitrogen and oxygen atoms in total. The zero-order valence-electron chi connectivity index (χ0n) is 13.0. The third-order valence-corrected chi connectivity index (χ3v) is 3.74. The molecule has 2 aromatic rings. The number of nitrogens with one attached hydrogen (secondary N) is 1. The van der Waals surface area contributed by atoms with Gasteiger partial charge in [-0.05, 0) is 18.1 Å². The molecule has 21 heavy (non-hydrogen) atoms. The van der Waals surface area contributed by atoms with Gasteiger partial charge in [-0.3, -0.25) is 4.68 Å². The second-order valence-corrected chi connectivity index (χ2v) is 5.25. The van der Waals surface area contributed by atoms with Gasteiger partial charge in [-0.15, -0.1) is 0 Å². The maximum Gasteiger partial charge on any atom is 0.138 e. The van der Waals surface area contributed by atoms with Gasteiger partial charge >= 0.3 is 0 Å². The molecule has 1 heterocycles. The highest BCUT2D eigenvalue weighted by Gasteiger charge is 2.16. The topological polar surface area (TPSA) is 52.0 Å². The van der Waals surface area contributed by atoms with E-state index in [9.17, 15) is 0 Å². The van der Waals surface area contributed by atoms with Crippen molar-refractivity contribution in [3.63, 3.8) is 0 Å². The van der Waals surface area contributed by atoms with Crippen molar-refractivity contribution in [3.05, 3.63) is 47.5 Å². The molecule has 1 aromatic heterocycles. The fourth-order valence-corrected chi connectivity index (χ4v) is 2.51. The van der Waals surface area contributed by atoms with E-state index in [-0.39, 0.29) is 0 Å². The first-order chi connectivity index (χ1) is 10.2. The molecule has 0 aliphatic rings. The zero-order chi connectivity index (χ0) is 15.1. The van der Waals surface area contributed by atoms with Gasteiger partial charge in [0, 0.05) is 39.6 Å². The Bertz CT molecular complexity index is 553. The molecule has 0 aliphatic carbocycles. The molecule has 1 atom stereocenters. The average Bonchev–Trinajstić information content (AvgIpc) is 2.88. The van der Waals surface area contributed by atoms with Gasteiger partial charge in [0.15, 0.2) is 0 Å². The highest BCUT2D eigenvalue weighted by atomic mass is 16.5. The van der Waals surface area contributed by atoms with E-state index in [1.807, 2.05) is 11.7 Å². The summed E-state index contributed by atoms with van der Waals surface area (Å²) in [7, 11) is 3.66. The number of nitrogens with zero attached hydrogens (tertiary/aromatic N) is 3. The van der Waals surface area contributed by atoms with Crippen LogP contribution in [-0.2, 0) is 18.2 Å². The number of hydrogen-bond donors (Lipinski definition) is 1. The molecule has 0 amide bonds. The van der Waals surface area contributed by atoms with Crippen LogP contribution in [0.4, 0.5) is 0 Å². The van der Waals surface area contributed by atoms with Crippen LogP contribution in [0.15, 0.2) is 30.6 Å². The van der Waals surface area contributed by atoms with Crippen molar-refractivity contribution >= 4 is 0 Å². The minimum Gasteiger partial charge on any atom is -0.383 e. The lowest BCUT2D eigenvalue weighted by Gasteiger charge is -2.19. The quantitative estimate of drug-likeness (QED) is 0.751. The summed E-state index contributed by atoms with van der Waals surface area (Å²) in [5.74, 6) is 1.39. The molecule has 0 saturated heterocycles. The zero-order valence-corrected chi connectivity index (χ0v) is 13.0. The Balaban J connectivity index is 2.10. The molecule has 2 rings (SSSR count). The number of methoxy groups -OCH3 is 1. The minimum absolute atomic E-state index is 0.381. The van der Waals surface area contributed by atoms with Gasteiger partial charge in [0.2, 0.25) is 0 Å². The Morgan fingerprint density at radius 3 is 2.81 bits per heavy atom. The lowest BCUT2D eigenvalue weighted by Crippen LogP contribution is -2.27. The van der Waals surface area contributed by atoms with E-state index in [0.717, 1.165) is 31.9 Å². The van der Waals surface area contributed by atoms with Crippen LogP contribution < -0.4 is 5.32 Å². The SMILES string of the molecule is COCCNCC(Cc1ncnn1C)c1ccccc1C. The molecule has 1 unspecified atom stereocenters. The monoisotopic (exact) mass is 288 g/mol. The van der Waals surface area contributed by atoms with Gasteiger partial charge < -0.3 is 10.1 Å². The van der Waals surface area contributed by atoms with Gasteiger partial charge in [-0.25, -0.2) is 4.98 Å². The predicted octanol–water partition coefficient (Wildman–Crippen LogP) is 1.69. The van der Waals surface area contributed by atoms with Crippen LogP contribution in [0.25, 0.3) is 0 Å². The Morgan fingerprint density at radius 2 is 2.14 bits per heavy atom. The molecule has 0 aliphatic heterocycles. The van der Waals surface area contributed by atoms with E-state index in [4.69, 9.17) is 4.74 Å². The van der Waals surface area contributed by atoms with Crippen LogP contribution in [0.5, 0.6) is 0 Å². The van der Waals surface area contributed by atoms with Crippen molar-refractivity contribution < 1.29 is 4.74 Å². The largest absolute Gasteiger partial charge is 0.383 e. The summed E-state index contributed by atoms with van der Waals surface area (Å²) in [6.45, 7) is 4.65. The molecule has 114 valence electrons. The fraction of sp³-hybridized carbons (Fsp3) is 0.500. The van der Waals surface area contributed by atoms with E-state index in [1.165, 1.54) is 11.1 Å². The predicted molar refractivity (Wildman–Crippen MR) is 83.4 cm³/mol. The van der Waals surface area contributed by atoms with E-state index in [1.54, 1.807) is 13.4 Å². The number of aromatic nitrogens is 3. The second-order valence-electron chi connectivity index (χ2n) is 5.25. The summed E-state index contributed by atoms with van der Waals surface area (Å²) < 4.78 is 6.94. The van der Waals surface area contributed by atoms with Crippen molar-refractivity contribution in [1.82, 2.24) is 20.1 Å². The Hall–Kier alpha value is -1.72. The molecular weight excluding hydrogens is 264 g/mol. The van der Waals surface area contributed by atoms with E-state index < -0.39 is 0 Å². The Labute approximate surface area is 126 Å². The van der Waals surface area contributed by atoms with Crippen LogP contribution >= 0.6 is 0 Å². The fourth-order valence-electron chi connectivity index (χ4n) is 2.51. The van der Waals surface area contributed by atoms with Crippen LogP contribution in [0.1, 0.15) is 22.9 Å². The van der Waals surface area contributed by atoms with Crippen molar-refractivity contribution in [2.75, 3.05) is 26.8 Å². The van der Waals surface area contributed by atoms with Gasteiger partial charge in [-0.1, -0.05) is 24.3 Å². The minimum atomic E-state index is 0.381. The summed E-state index contributed by atoms with van der Waals surface area (Å²) in [5, 5.41) is 7.62. The van der Waals surface area contributed by atoms with E-state index >= 15 is 0 Å². The molecule has 0 saturated carbocycles. The lowest BCUT2D eigenvalue weighted by molar-refractivity contribution is 0.199. The second kappa shape index (κ2) is 7.90. The van der Waals surface area contributed by atoms with Gasteiger partial charge in [0.1, 0.15) is 12.2 Å². The van der Waals surface area contributed by atoms with Crippen molar-refractivity contribution in [2.24, 2.45) is 7.05 Å². The van der Waals surface area contributed by atoms with Crippen LogP contribution in [-0.4, -0.2) is 41.6 Å². The van der Waals surface area contributed by atoms with Crippen LogP contribution in [0.3, 0.4) is 0 Å². The normalized spacial score (nSPS) is 12.5. The number of benzene rings is 1. The van der Waals surface area contributed by atoms with Crippen LogP contribution in [0.2, 0.25) is 0 Å². The van der Waals surface area contributed by atoms with Gasteiger partial charge in [0.25, 0.3) is 0 Å². The third kappa shape index (κ3) is 4.37. The molecule has 0 spiro atoms. The number of hydrogen-bond acceptors (Lipinski definition) is 4. The summed E-state index contributed by atoms with van der Waals surface area (Å²) in [4.78, 5) is 4.35. The standard InChI is InChI=1S/C16H24N4O/c1-13-6-4-5-7-15(13)14(11-17-8-9-21-3)10-16-18-12-19-20(16)2/h4-7,12,14,17H,8-11H2,1-3H3. The molecule has 1 aromatic carbocycles. The number of ether oxygens (including phenoxy) is 1. The molecule has 0 radical (unpaired) electrons. The first-order valence-corrected chi connectivity index (χ1v) is 7.30. The number of rotatable bonds is 8. The van der Waals surface area contributed by atoms with Gasteiger partial charge in [0.05, 0.1) is 6.61 Å². The van der Waals surface area contributed by atoms with Crippen molar-refractivity contribution in [1.29, 1.82) is 0 Å². The smallest absolute Gasteiger partial charge is 0.138 e. The summed E-state index contributed by atoms with van der Waals surface area (Å²) >= 11 is 0. The Kier molecular flexibility index (Phi) is 5.90. The highest BCUT2D eigenvalue weighted by molar-refractivity contribution is 5.30.